The molecule has 2 unspecified atom stereocenters. The van der Waals surface area contributed by atoms with E-state index in [9.17, 15) is 4.79 Å². The van der Waals surface area contributed by atoms with Crippen LogP contribution in [0.3, 0.4) is 0 Å². The first-order chi connectivity index (χ1) is 7.18. The Morgan fingerprint density at radius 1 is 1.53 bits per heavy atom. The van der Waals surface area contributed by atoms with Gasteiger partial charge in [-0.15, -0.1) is 0 Å². The van der Waals surface area contributed by atoms with Crippen molar-refractivity contribution in [2.24, 2.45) is 5.92 Å². The van der Waals surface area contributed by atoms with Crippen molar-refractivity contribution in [2.75, 3.05) is 6.54 Å². The van der Waals surface area contributed by atoms with Gasteiger partial charge in [-0.2, -0.15) is 5.10 Å². The normalized spacial score (nSPS) is 26.7. The van der Waals surface area contributed by atoms with Crippen molar-refractivity contribution in [3.05, 3.63) is 12.2 Å². The predicted octanol–water partition coefficient (Wildman–Crippen LogP) is 1.07. The van der Waals surface area contributed by atoms with Crippen LogP contribution < -0.4 is 0 Å². The third-order valence-corrected chi connectivity index (χ3v) is 3.00. The van der Waals surface area contributed by atoms with Crippen molar-refractivity contribution in [3.63, 3.8) is 0 Å². The van der Waals surface area contributed by atoms with E-state index in [-0.39, 0.29) is 5.91 Å². The lowest BCUT2D eigenvalue weighted by Crippen LogP contribution is -2.45. The van der Waals surface area contributed by atoms with Gasteiger partial charge in [-0.3, -0.25) is 9.89 Å². The summed E-state index contributed by atoms with van der Waals surface area (Å²) in [5.74, 6) is 0.885. The van der Waals surface area contributed by atoms with E-state index >= 15 is 0 Å². The highest BCUT2D eigenvalue weighted by Crippen LogP contribution is 2.22. The molecule has 2 rings (SSSR count). The molecule has 1 N–H and O–H groups in total. The van der Waals surface area contributed by atoms with Crippen molar-refractivity contribution >= 4 is 5.91 Å². The molecule has 1 aliphatic rings. The monoisotopic (exact) mass is 208 g/mol. The average Bonchev–Trinajstić information content (AvgIpc) is 2.74. The molecule has 1 amide bonds. The van der Waals surface area contributed by atoms with Crippen molar-refractivity contribution < 1.29 is 4.79 Å². The summed E-state index contributed by atoms with van der Waals surface area (Å²) in [5, 5.41) is 6.32. The predicted molar refractivity (Wildman–Crippen MR) is 55.3 cm³/mol. The summed E-state index contributed by atoms with van der Waals surface area (Å²) in [6.45, 7) is 5.08. The van der Waals surface area contributed by atoms with Gasteiger partial charge < -0.3 is 4.90 Å². The number of aromatic nitrogens is 3. The zero-order chi connectivity index (χ0) is 10.8. The number of H-pyrrole nitrogens is 1. The van der Waals surface area contributed by atoms with E-state index in [4.69, 9.17) is 0 Å². The molecular formula is C10H16N4O. The van der Waals surface area contributed by atoms with Gasteiger partial charge in [-0.1, -0.05) is 6.92 Å². The van der Waals surface area contributed by atoms with Crippen molar-refractivity contribution in [3.8, 4) is 0 Å². The lowest BCUT2D eigenvalue weighted by atomic mass is 9.95. The molecule has 0 radical (unpaired) electrons. The van der Waals surface area contributed by atoms with E-state index in [0.29, 0.717) is 17.8 Å². The molecule has 2 atom stereocenters. The van der Waals surface area contributed by atoms with Crippen molar-refractivity contribution in [1.29, 1.82) is 0 Å². The fraction of sp³-hybridized carbons (Fsp3) is 0.700. The minimum absolute atomic E-state index is 0.0356. The SMILES string of the molecule is CC1CCC(C)N(C(=O)c2ncn[nH]2)C1. The Morgan fingerprint density at radius 2 is 2.33 bits per heavy atom. The summed E-state index contributed by atoms with van der Waals surface area (Å²) in [5.41, 5.74) is 0. The number of piperidine rings is 1. The Balaban J connectivity index is 2.12. The minimum Gasteiger partial charge on any atom is -0.333 e. The van der Waals surface area contributed by atoms with Crippen LogP contribution in [0.2, 0.25) is 0 Å². The number of nitrogens with one attached hydrogen (secondary N) is 1. The van der Waals surface area contributed by atoms with E-state index in [2.05, 4.69) is 29.0 Å². The topological polar surface area (TPSA) is 61.9 Å². The third kappa shape index (κ3) is 2.00. The Labute approximate surface area is 88.9 Å². The number of carbonyl (C=O) groups is 1. The summed E-state index contributed by atoms with van der Waals surface area (Å²) in [4.78, 5) is 17.8. The highest BCUT2D eigenvalue weighted by atomic mass is 16.2. The van der Waals surface area contributed by atoms with Gasteiger partial charge in [0, 0.05) is 12.6 Å². The number of aromatic amines is 1. The van der Waals surface area contributed by atoms with Crippen LogP contribution in [0.4, 0.5) is 0 Å². The second-order valence-corrected chi connectivity index (χ2v) is 4.32. The Hall–Kier alpha value is -1.39. The van der Waals surface area contributed by atoms with Crippen LogP contribution in [0.1, 0.15) is 37.3 Å². The molecule has 5 nitrogen and oxygen atoms in total. The first kappa shape index (κ1) is 10.1. The number of amides is 1. The van der Waals surface area contributed by atoms with Gasteiger partial charge in [0.05, 0.1) is 0 Å². The zero-order valence-electron chi connectivity index (χ0n) is 9.10. The lowest BCUT2D eigenvalue weighted by Gasteiger charge is -2.36. The Morgan fingerprint density at radius 3 is 3.00 bits per heavy atom. The zero-order valence-corrected chi connectivity index (χ0v) is 9.10. The van der Waals surface area contributed by atoms with Gasteiger partial charge in [0.15, 0.2) is 0 Å². The Kier molecular flexibility index (Phi) is 2.70. The third-order valence-electron chi connectivity index (χ3n) is 3.00. The molecule has 0 spiro atoms. The fourth-order valence-corrected chi connectivity index (χ4v) is 2.02. The van der Waals surface area contributed by atoms with Crippen LogP contribution in [0.5, 0.6) is 0 Å². The number of nitrogens with zero attached hydrogens (tertiary/aromatic N) is 3. The average molecular weight is 208 g/mol. The standard InChI is InChI=1S/C10H16N4O/c1-7-3-4-8(2)14(5-7)10(15)9-11-6-12-13-9/h6-8H,3-5H2,1-2H3,(H,11,12,13). The molecule has 5 heteroatoms. The maximum Gasteiger partial charge on any atom is 0.291 e. The van der Waals surface area contributed by atoms with E-state index in [1.54, 1.807) is 0 Å². The van der Waals surface area contributed by atoms with Gasteiger partial charge in [-0.05, 0) is 25.7 Å². The summed E-state index contributed by atoms with van der Waals surface area (Å²) in [6.07, 6.45) is 3.63. The summed E-state index contributed by atoms with van der Waals surface area (Å²) < 4.78 is 0. The van der Waals surface area contributed by atoms with Crippen molar-refractivity contribution in [1.82, 2.24) is 20.1 Å². The van der Waals surface area contributed by atoms with Crippen LogP contribution in [-0.2, 0) is 0 Å². The maximum absolute atomic E-state index is 12.0. The van der Waals surface area contributed by atoms with Gasteiger partial charge in [0.1, 0.15) is 6.33 Å². The fourth-order valence-electron chi connectivity index (χ4n) is 2.02. The van der Waals surface area contributed by atoms with Crippen LogP contribution >= 0.6 is 0 Å². The van der Waals surface area contributed by atoms with Crippen LogP contribution in [0, 0.1) is 5.92 Å². The van der Waals surface area contributed by atoms with Crippen LogP contribution in [0.25, 0.3) is 0 Å². The van der Waals surface area contributed by atoms with Crippen LogP contribution in [0.15, 0.2) is 6.33 Å². The molecule has 1 aromatic rings. The first-order valence-electron chi connectivity index (χ1n) is 5.35. The minimum atomic E-state index is -0.0356. The molecule has 82 valence electrons. The highest BCUT2D eigenvalue weighted by Gasteiger charge is 2.28. The van der Waals surface area contributed by atoms with E-state index in [0.717, 1.165) is 13.0 Å². The number of rotatable bonds is 1. The summed E-state index contributed by atoms with van der Waals surface area (Å²) in [6, 6.07) is 0.304. The van der Waals surface area contributed by atoms with E-state index in [1.807, 2.05) is 4.90 Å². The highest BCUT2D eigenvalue weighted by molar-refractivity contribution is 5.90. The second kappa shape index (κ2) is 4.00. The van der Waals surface area contributed by atoms with Gasteiger partial charge >= 0.3 is 0 Å². The van der Waals surface area contributed by atoms with Gasteiger partial charge in [0.2, 0.25) is 5.82 Å². The smallest absolute Gasteiger partial charge is 0.291 e. The molecule has 1 saturated heterocycles. The van der Waals surface area contributed by atoms with Gasteiger partial charge in [-0.25, -0.2) is 4.98 Å². The number of hydrogen-bond donors (Lipinski definition) is 1. The molecule has 0 aromatic carbocycles. The molecule has 1 fully saturated rings. The van der Waals surface area contributed by atoms with Gasteiger partial charge in [0.25, 0.3) is 5.91 Å². The molecule has 1 aromatic heterocycles. The lowest BCUT2D eigenvalue weighted by molar-refractivity contribution is 0.0562. The largest absolute Gasteiger partial charge is 0.333 e. The molecule has 0 aliphatic carbocycles. The molecule has 15 heavy (non-hydrogen) atoms. The van der Waals surface area contributed by atoms with E-state index < -0.39 is 0 Å². The second-order valence-electron chi connectivity index (χ2n) is 4.32. The first-order valence-corrected chi connectivity index (χ1v) is 5.35. The molecular weight excluding hydrogens is 192 g/mol. The summed E-state index contributed by atoms with van der Waals surface area (Å²) in [7, 11) is 0. The summed E-state index contributed by atoms with van der Waals surface area (Å²) >= 11 is 0. The van der Waals surface area contributed by atoms with Crippen molar-refractivity contribution in [2.45, 2.75) is 32.7 Å². The number of carbonyl (C=O) groups excluding carboxylic acids is 1. The molecule has 2 heterocycles. The number of likely N-dealkylation sites (tertiary alicyclic amines) is 1. The molecule has 0 saturated carbocycles. The maximum atomic E-state index is 12.0. The quantitative estimate of drug-likeness (QED) is 0.750. The van der Waals surface area contributed by atoms with E-state index in [1.165, 1.54) is 12.7 Å². The molecule has 0 bridgehead atoms. The van der Waals surface area contributed by atoms with Crippen LogP contribution in [-0.4, -0.2) is 38.6 Å². The Bertz CT molecular complexity index is 335. The molecule has 1 aliphatic heterocycles. The number of hydrogen-bond acceptors (Lipinski definition) is 3.